The monoisotopic (exact) mass is 220 g/mol. The van der Waals surface area contributed by atoms with E-state index in [-0.39, 0.29) is 5.91 Å². The predicted molar refractivity (Wildman–Crippen MR) is 67.3 cm³/mol. The Morgan fingerprint density at radius 1 is 1.50 bits per heavy atom. The van der Waals surface area contributed by atoms with Crippen LogP contribution in [0, 0.1) is 6.92 Å². The predicted octanol–water partition coefficient (Wildman–Crippen LogP) is 2.45. The molecule has 3 nitrogen and oxygen atoms in total. The van der Waals surface area contributed by atoms with Gasteiger partial charge in [-0.05, 0) is 38.0 Å². The highest BCUT2D eigenvalue weighted by atomic mass is 16.1. The average Bonchev–Trinajstić information content (AvgIpc) is 2.17. The summed E-state index contributed by atoms with van der Waals surface area (Å²) < 4.78 is 0. The van der Waals surface area contributed by atoms with Crippen molar-refractivity contribution >= 4 is 11.6 Å². The number of nitrogens with two attached hydrogens (primary N) is 1. The van der Waals surface area contributed by atoms with Crippen LogP contribution in [0.25, 0.3) is 0 Å². The number of carbonyl (C=O) groups is 1. The summed E-state index contributed by atoms with van der Waals surface area (Å²) in [4.78, 5) is 11.5. The summed E-state index contributed by atoms with van der Waals surface area (Å²) in [6.45, 7) is 5.91. The Morgan fingerprint density at radius 3 is 2.69 bits per heavy atom. The Bertz CT molecular complexity index is 376. The van der Waals surface area contributed by atoms with Crippen LogP contribution >= 0.6 is 0 Å². The summed E-state index contributed by atoms with van der Waals surface area (Å²) >= 11 is 0. The summed E-state index contributed by atoms with van der Waals surface area (Å²) in [6.07, 6.45) is 1.65. The molecule has 0 saturated carbocycles. The van der Waals surface area contributed by atoms with Crippen molar-refractivity contribution in [2.75, 3.05) is 5.32 Å². The minimum Gasteiger partial charge on any atom is -0.371 e. The first-order valence-corrected chi connectivity index (χ1v) is 5.62. The van der Waals surface area contributed by atoms with E-state index < -0.39 is 5.54 Å². The van der Waals surface area contributed by atoms with Gasteiger partial charge in [0.25, 0.3) is 0 Å². The Balaban J connectivity index is 2.87. The molecule has 0 saturated heterocycles. The van der Waals surface area contributed by atoms with Crippen molar-refractivity contribution < 1.29 is 4.79 Å². The molecule has 1 unspecified atom stereocenters. The lowest BCUT2D eigenvalue weighted by molar-refractivity contribution is -0.122. The van der Waals surface area contributed by atoms with Crippen LogP contribution in [0.3, 0.4) is 0 Å². The summed E-state index contributed by atoms with van der Waals surface area (Å²) in [5, 5.41) is 3.22. The van der Waals surface area contributed by atoms with Crippen molar-refractivity contribution in [3.05, 3.63) is 29.8 Å². The third-order valence-electron chi connectivity index (χ3n) is 2.73. The first kappa shape index (κ1) is 12.6. The molecular formula is C13H20N2O. The van der Waals surface area contributed by atoms with Crippen LogP contribution in [0.15, 0.2) is 24.3 Å². The van der Waals surface area contributed by atoms with Gasteiger partial charge in [-0.1, -0.05) is 25.5 Å². The number of carbonyl (C=O) groups excluding carboxylic acids is 1. The van der Waals surface area contributed by atoms with E-state index in [4.69, 9.17) is 5.73 Å². The van der Waals surface area contributed by atoms with E-state index in [0.29, 0.717) is 0 Å². The van der Waals surface area contributed by atoms with Gasteiger partial charge < -0.3 is 11.1 Å². The molecule has 0 spiro atoms. The molecule has 16 heavy (non-hydrogen) atoms. The highest BCUT2D eigenvalue weighted by Crippen LogP contribution is 2.20. The second kappa shape index (κ2) is 5.01. The zero-order valence-electron chi connectivity index (χ0n) is 10.2. The van der Waals surface area contributed by atoms with Crippen molar-refractivity contribution in [1.29, 1.82) is 0 Å². The Morgan fingerprint density at radius 2 is 2.19 bits per heavy atom. The quantitative estimate of drug-likeness (QED) is 0.800. The lowest BCUT2D eigenvalue weighted by atomic mass is 9.95. The molecule has 0 aliphatic rings. The molecule has 0 bridgehead atoms. The number of aryl methyl sites for hydroxylation is 1. The zero-order chi connectivity index (χ0) is 12.2. The molecule has 1 aromatic rings. The maximum atomic E-state index is 11.5. The Labute approximate surface area is 97.0 Å². The van der Waals surface area contributed by atoms with Gasteiger partial charge >= 0.3 is 0 Å². The standard InChI is InChI=1S/C13H20N2O/c1-4-8-13(3,12(14)16)15-11-7-5-6-10(2)9-11/h5-7,9,15H,4,8H2,1-3H3,(H2,14,16). The summed E-state index contributed by atoms with van der Waals surface area (Å²) in [7, 11) is 0. The highest BCUT2D eigenvalue weighted by molar-refractivity contribution is 5.87. The van der Waals surface area contributed by atoms with Crippen molar-refractivity contribution in [3.8, 4) is 0 Å². The molecule has 0 radical (unpaired) electrons. The molecule has 0 aliphatic heterocycles. The van der Waals surface area contributed by atoms with Gasteiger partial charge in [0.2, 0.25) is 5.91 Å². The summed E-state index contributed by atoms with van der Waals surface area (Å²) in [5.74, 6) is -0.309. The fourth-order valence-electron chi connectivity index (χ4n) is 1.79. The van der Waals surface area contributed by atoms with E-state index in [9.17, 15) is 4.79 Å². The normalized spacial score (nSPS) is 14.2. The first-order valence-electron chi connectivity index (χ1n) is 5.62. The van der Waals surface area contributed by atoms with Crippen LogP contribution in [-0.2, 0) is 4.79 Å². The minimum atomic E-state index is -0.664. The van der Waals surface area contributed by atoms with Crippen molar-refractivity contribution in [3.63, 3.8) is 0 Å². The van der Waals surface area contributed by atoms with Gasteiger partial charge in [-0.3, -0.25) is 4.79 Å². The number of nitrogens with one attached hydrogen (secondary N) is 1. The van der Waals surface area contributed by atoms with E-state index in [1.54, 1.807) is 0 Å². The van der Waals surface area contributed by atoms with Gasteiger partial charge in [0.05, 0.1) is 0 Å². The maximum Gasteiger partial charge on any atom is 0.242 e. The number of hydrogen-bond donors (Lipinski definition) is 2. The van der Waals surface area contributed by atoms with Crippen molar-refractivity contribution in [2.24, 2.45) is 5.73 Å². The van der Waals surface area contributed by atoms with Crippen LogP contribution in [0.4, 0.5) is 5.69 Å². The molecule has 0 aromatic heterocycles. The second-order valence-corrected chi connectivity index (χ2v) is 4.44. The average molecular weight is 220 g/mol. The van der Waals surface area contributed by atoms with Gasteiger partial charge in [-0.25, -0.2) is 0 Å². The highest BCUT2D eigenvalue weighted by Gasteiger charge is 2.29. The first-order chi connectivity index (χ1) is 7.48. The van der Waals surface area contributed by atoms with Gasteiger partial charge in [-0.15, -0.1) is 0 Å². The number of hydrogen-bond acceptors (Lipinski definition) is 2. The van der Waals surface area contributed by atoms with E-state index in [1.807, 2.05) is 45.0 Å². The fraction of sp³-hybridized carbons (Fsp3) is 0.462. The molecular weight excluding hydrogens is 200 g/mol. The van der Waals surface area contributed by atoms with Crippen LogP contribution in [0.2, 0.25) is 0 Å². The van der Waals surface area contributed by atoms with E-state index in [1.165, 1.54) is 0 Å². The van der Waals surface area contributed by atoms with E-state index in [0.717, 1.165) is 24.1 Å². The lowest BCUT2D eigenvalue weighted by Crippen LogP contribution is -2.47. The molecule has 1 atom stereocenters. The fourth-order valence-corrected chi connectivity index (χ4v) is 1.79. The summed E-state index contributed by atoms with van der Waals surface area (Å²) in [6, 6.07) is 7.94. The molecule has 3 N–H and O–H groups in total. The van der Waals surface area contributed by atoms with Gasteiger partial charge in [0.1, 0.15) is 5.54 Å². The van der Waals surface area contributed by atoms with Crippen molar-refractivity contribution in [2.45, 2.75) is 39.2 Å². The Hall–Kier alpha value is -1.51. The minimum absolute atomic E-state index is 0.309. The number of benzene rings is 1. The molecule has 0 aliphatic carbocycles. The third kappa shape index (κ3) is 2.99. The van der Waals surface area contributed by atoms with E-state index in [2.05, 4.69) is 5.32 Å². The van der Waals surface area contributed by atoms with Gasteiger partial charge in [0.15, 0.2) is 0 Å². The van der Waals surface area contributed by atoms with Crippen LogP contribution in [0.5, 0.6) is 0 Å². The second-order valence-electron chi connectivity index (χ2n) is 4.44. The molecule has 1 aromatic carbocycles. The van der Waals surface area contributed by atoms with Crippen molar-refractivity contribution in [1.82, 2.24) is 0 Å². The number of anilines is 1. The van der Waals surface area contributed by atoms with Crippen LogP contribution < -0.4 is 11.1 Å². The molecule has 88 valence electrons. The summed E-state index contributed by atoms with van der Waals surface area (Å²) in [5.41, 5.74) is 6.88. The molecule has 1 amide bonds. The number of amides is 1. The number of primary amides is 1. The molecule has 3 heteroatoms. The zero-order valence-corrected chi connectivity index (χ0v) is 10.2. The largest absolute Gasteiger partial charge is 0.371 e. The van der Waals surface area contributed by atoms with Gasteiger partial charge in [-0.2, -0.15) is 0 Å². The SMILES string of the molecule is CCCC(C)(Nc1cccc(C)c1)C(N)=O. The van der Waals surface area contributed by atoms with Crippen LogP contribution in [0.1, 0.15) is 32.3 Å². The van der Waals surface area contributed by atoms with Crippen LogP contribution in [-0.4, -0.2) is 11.4 Å². The van der Waals surface area contributed by atoms with Gasteiger partial charge in [0, 0.05) is 5.69 Å². The Kier molecular flexibility index (Phi) is 3.93. The molecule has 0 fully saturated rings. The topological polar surface area (TPSA) is 55.1 Å². The molecule has 0 heterocycles. The maximum absolute atomic E-state index is 11.5. The van der Waals surface area contributed by atoms with E-state index >= 15 is 0 Å². The number of rotatable bonds is 5. The third-order valence-corrected chi connectivity index (χ3v) is 2.73. The molecule has 1 rings (SSSR count). The smallest absolute Gasteiger partial charge is 0.242 e. The lowest BCUT2D eigenvalue weighted by Gasteiger charge is -2.28.